The molecule has 0 N–H and O–H groups in total. The van der Waals surface area contributed by atoms with Crippen molar-refractivity contribution < 1.29 is 38.0 Å². The fraction of sp³-hybridized carbons (Fsp3) is 0.830. The molecule has 0 bridgehead atoms. The highest BCUT2D eigenvalue weighted by Crippen LogP contribution is 2.39. The fourth-order valence-electron chi connectivity index (χ4n) is 9.09. The Balaban J connectivity index is 0.00000532. The number of esters is 1. The molecular weight excluding hydrogens is 707 g/mol. The Labute approximate surface area is 342 Å². The van der Waals surface area contributed by atoms with Crippen LogP contribution in [-0.4, -0.2) is 93.1 Å². The Hall–Kier alpha value is -1.88. The molecule has 17 atom stereocenters. The minimum Gasteiger partial charge on any atom is -0.462 e. The highest BCUT2D eigenvalue weighted by molar-refractivity contribution is 5.91. The van der Waals surface area contributed by atoms with Crippen LogP contribution < -0.4 is 0 Å². The number of nitrogens with zero attached hydrogens (tertiary/aromatic N) is 1. The molecule has 3 aliphatic rings. The van der Waals surface area contributed by atoms with E-state index in [1.807, 2.05) is 40.7 Å². The number of allylic oxidation sites excluding steroid dienone is 3. The van der Waals surface area contributed by atoms with Gasteiger partial charge in [-0.3, -0.25) is 9.59 Å². The van der Waals surface area contributed by atoms with Crippen LogP contribution in [0, 0.1) is 53.3 Å². The Kier molecular flexibility index (Phi) is 21.8. The Morgan fingerprint density at radius 2 is 1.43 bits per heavy atom. The number of carbonyl (C=O) groups is 2. The highest BCUT2D eigenvalue weighted by Gasteiger charge is 2.45. The van der Waals surface area contributed by atoms with Crippen LogP contribution >= 0.6 is 0 Å². The third-order valence-electron chi connectivity index (χ3n) is 13.3. The second-order valence-electron chi connectivity index (χ2n) is 17.4. The van der Waals surface area contributed by atoms with E-state index in [0.29, 0.717) is 37.2 Å². The van der Waals surface area contributed by atoms with Crippen molar-refractivity contribution in [3.8, 4) is 0 Å². The predicted octanol–water partition coefficient (Wildman–Crippen LogP) is 9.69. The summed E-state index contributed by atoms with van der Waals surface area (Å²) in [6.45, 7) is 34.1. The third kappa shape index (κ3) is 13.6. The van der Waals surface area contributed by atoms with Crippen molar-refractivity contribution in [1.82, 2.24) is 4.90 Å². The van der Waals surface area contributed by atoms with Crippen molar-refractivity contribution in [1.29, 1.82) is 0 Å². The topological polar surface area (TPSA) is 92.8 Å². The van der Waals surface area contributed by atoms with Gasteiger partial charge >= 0.3 is 5.97 Å². The number of ketones is 1. The van der Waals surface area contributed by atoms with Gasteiger partial charge in [-0.2, -0.15) is 0 Å². The summed E-state index contributed by atoms with van der Waals surface area (Å²) in [5, 5.41) is 0. The summed E-state index contributed by atoms with van der Waals surface area (Å²) >= 11 is 0. The van der Waals surface area contributed by atoms with Crippen molar-refractivity contribution in [3.05, 3.63) is 36.5 Å². The van der Waals surface area contributed by atoms with Gasteiger partial charge in [0.2, 0.25) is 0 Å². The maximum Gasteiger partial charge on any atom is 0.308 e. The van der Waals surface area contributed by atoms with Gasteiger partial charge in [0, 0.05) is 35.6 Å². The van der Waals surface area contributed by atoms with Crippen LogP contribution in [0.3, 0.4) is 0 Å². The summed E-state index contributed by atoms with van der Waals surface area (Å²) in [6, 6.07) is 0.260. The Morgan fingerprint density at radius 3 is 2.02 bits per heavy atom. The van der Waals surface area contributed by atoms with Gasteiger partial charge in [-0.25, -0.2) is 0 Å². The summed E-state index contributed by atoms with van der Waals surface area (Å²) in [4.78, 5) is 30.0. The summed E-state index contributed by atoms with van der Waals surface area (Å²) in [5.74, 6) is 0.522. The smallest absolute Gasteiger partial charge is 0.308 e. The summed E-state index contributed by atoms with van der Waals surface area (Å²) in [7, 11) is 4.23. The predicted molar refractivity (Wildman–Crippen MR) is 227 cm³/mol. The SMILES string of the molecule is C=CCO[C@@H]1CC(=O)O[C@H](CC)[C@@H](CO[C@@H]2O[C@H](C)[C@@H](C)[C@@H](C)[C@H]2C)/C=C(C)/C=C/C(=O)[C@H](C)C[C@H](CC)[C@H](O[C@@H]2O[C@H](C)[C@@H](C)[C@H](N(C)C)[C@H]2C)[C@H]1C.CC. The molecule has 56 heavy (non-hydrogen) atoms. The minimum atomic E-state index is -0.515. The molecule has 0 aliphatic carbocycles. The fourth-order valence-corrected chi connectivity index (χ4v) is 9.09. The largest absolute Gasteiger partial charge is 0.462 e. The van der Waals surface area contributed by atoms with E-state index in [9.17, 15) is 9.59 Å². The second kappa shape index (κ2) is 24.3. The Morgan fingerprint density at radius 1 is 0.804 bits per heavy atom. The molecule has 2 saturated heterocycles. The molecule has 3 aliphatic heterocycles. The van der Waals surface area contributed by atoms with E-state index in [4.69, 9.17) is 28.4 Å². The zero-order chi connectivity index (χ0) is 42.4. The van der Waals surface area contributed by atoms with Gasteiger partial charge in [0.15, 0.2) is 18.4 Å². The first kappa shape index (κ1) is 50.3. The number of ether oxygens (including phenoxy) is 6. The minimum absolute atomic E-state index is 0.00366. The zero-order valence-electron chi connectivity index (χ0n) is 38.3. The van der Waals surface area contributed by atoms with E-state index in [1.54, 1.807) is 12.2 Å². The lowest BCUT2D eigenvalue weighted by atomic mass is 9.79. The zero-order valence-corrected chi connectivity index (χ0v) is 38.3. The molecule has 3 heterocycles. The third-order valence-corrected chi connectivity index (χ3v) is 13.3. The van der Waals surface area contributed by atoms with E-state index in [0.717, 1.165) is 12.0 Å². The molecule has 3 rings (SSSR count). The van der Waals surface area contributed by atoms with E-state index in [-0.39, 0.29) is 90.9 Å². The summed E-state index contributed by atoms with van der Waals surface area (Å²) in [5.41, 5.74) is 0.912. The van der Waals surface area contributed by atoms with Crippen LogP contribution in [0.5, 0.6) is 0 Å². The average Bonchev–Trinajstić information content (AvgIpc) is 3.17. The lowest BCUT2D eigenvalue weighted by Crippen LogP contribution is -2.56. The lowest BCUT2D eigenvalue weighted by molar-refractivity contribution is -0.278. The first-order valence-electron chi connectivity index (χ1n) is 22.0. The molecule has 0 unspecified atom stereocenters. The van der Waals surface area contributed by atoms with E-state index in [2.05, 4.69) is 94.0 Å². The van der Waals surface area contributed by atoms with Gasteiger partial charge in [0.1, 0.15) is 6.10 Å². The van der Waals surface area contributed by atoms with Crippen molar-refractivity contribution >= 4 is 11.8 Å². The van der Waals surface area contributed by atoms with Gasteiger partial charge in [0.25, 0.3) is 0 Å². The summed E-state index contributed by atoms with van der Waals surface area (Å²) in [6.07, 6.45) is 7.36. The number of hydrogen-bond acceptors (Lipinski definition) is 9. The number of cyclic esters (lactones) is 1. The van der Waals surface area contributed by atoms with Gasteiger partial charge in [-0.15, -0.1) is 6.58 Å². The van der Waals surface area contributed by atoms with Crippen molar-refractivity contribution in [2.45, 2.75) is 172 Å². The van der Waals surface area contributed by atoms with Gasteiger partial charge in [-0.05, 0) is 77.5 Å². The van der Waals surface area contributed by atoms with Crippen molar-refractivity contribution in [2.24, 2.45) is 53.3 Å². The molecule has 0 spiro atoms. The lowest BCUT2D eigenvalue weighted by Gasteiger charge is -2.48. The molecule has 0 saturated carbocycles. The monoisotopic (exact) mass is 790 g/mol. The molecule has 9 heteroatoms. The molecule has 324 valence electrons. The van der Waals surface area contributed by atoms with E-state index >= 15 is 0 Å². The average molecular weight is 790 g/mol. The van der Waals surface area contributed by atoms with Crippen LogP contribution in [0.15, 0.2) is 36.5 Å². The maximum absolute atomic E-state index is 14.0. The normalized spacial score (nSPS) is 42.2. The van der Waals surface area contributed by atoms with Crippen molar-refractivity contribution in [2.75, 3.05) is 27.3 Å². The molecule has 0 aromatic rings. The second-order valence-corrected chi connectivity index (χ2v) is 17.4. The van der Waals surface area contributed by atoms with Crippen LogP contribution in [0.4, 0.5) is 0 Å². The van der Waals surface area contributed by atoms with Crippen LogP contribution in [0.1, 0.15) is 123 Å². The standard InChI is InChI=1S/C45H77NO8.C2H6/c1-16-21-49-40-24-41(48)53-39(18-3)37(25-50-44-30(8)28(6)29(7)34(12)51-44)22-26(4)19-20-38(47)27(5)23-36(17-2)43(32(40)10)54-45-33(11)42(46(14)15)31(9)35(13)52-45;1-2/h16,19-20,22,27-37,39-40,42-45H,1,17-18,21,23-25H2,2-15H3;1-2H3/b20-19+,26-22+;/t27-,28-,29+,30-,31-,32+,33-,34-,35-,36+,37-,39-,40-,42+,43-,44-,45+;/m1./s1. The van der Waals surface area contributed by atoms with Crippen LogP contribution in [-0.2, 0) is 38.0 Å². The number of rotatable bonds is 11. The molecule has 0 aromatic heterocycles. The number of hydrogen-bond donors (Lipinski definition) is 0. The molecular formula is C47H83NO8. The van der Waals surface area contributed by atoms with Crippen molar-refractivity contribution in [3.63, 3.8) is 0 Å². The van der Waals surface area contributed by atoms with E-state index in [1.165, 1.54) is 0 Å². The first-order valence-corrected chi connectivity index (χ1v) is 22.0. The maximum atomic E-state index is 14.0. The molecule has 0 radical (unpaired) electrons. The molecule has 0 amide bonds. The quantitative estimate of drug-likeness (QED) is 0.150. The van der Waals surface area contributed by atoms with Crippen LogP contribution in [0.2, 0.25) is 0 Å². The van der Waals surface area contributed by atoms with Crippen LogP contribution in [0.25, 0.3) is 0 Å². The first-order chi connectivity index (χ1) is 26.4. The molecule has 0 aromatic carbocycles. The van der Waals surface area contributed by atoms with Gasteiger partial charge in [-0.1, -0.05) is 106 Å². The molecule has 9 nitrogen and oxygen atoms in total. The summed E-state index contributed by atoms with van der Waals surface area (Å²) < 4.78 is 39.3. The number of carbonyl (C=O) groups excluding carboxylic acids is 2. The van der Waals surface area contributed by atoms with E-state index < -0.39 is 18.5 Å². The Bertz CT molecular complexity index is 1250. The highest BCUT2D eigenvalue weighted by atomic mass is 16.7. The molecule has 2 fully saturated rings. The van der Waals surface area contributed by atoms with Gasteiger partial charge < -0.3 is 33.3 Å². The van der Waals surface area contributed by atoms with Gasteiger partial charge in [0.05, 0.1) is 44.1 Å².